The average molecular weight is 594 g/mol. The number of methoxy groups -OCH3 is 1. The Bertz CT molecular complexity index is 1570. The van der Waals surface area contributed by atoms with E-state index < -0.39 is 28.5 Å². The van der Waals surface area contributed by atoms with Crippen LogP contribution in [0.3, 0.4) is 0 Å². The van der Waals surface area contributed by atoms with Crippen LogP contribution in [0.2, 0.25) is 5.02 Å². The number of hydrogen-bond donors (Lipinski definition) is 1. The molecular formula is C29H24ClN3O7S. The number of benzene rings is 3. The third-order valence-corrected chi connectivity index (χ3v) is 7.10. The second-order valence-electron chi connectivity index (χ2n) is 8.72. The maximum atomic E-state index is 13.0. The van der Waals surface area contributed by atoms with Crippen molar-refractivity contribution in [3.8, 4) is 11.5 Å². The molecular weight excluding hydrogens is 570 g/mol. The molecule has 0 atom stereocenters. The Kier molecular flexibility index (Phi) is 9.43. The molecule has 3 aromatic rings. The molecule has 0 bridgehead atoms. The number of non-ortho nitro benzene ring substituents is 1. The molecule has 1 aliphatic heterocycles. The molecule has 41 heavy (non-hydrogen) atoms. The van der Waals surface area contributed by atoms with E-state index in [0.717, 1.165) is 16.7 Å². The SMILES string of the molecule is C=CCc1cc(/C=C2/SC(=O)N(CC(=O)Nc3ccccc3Cl)C2=O)cc(OC)c1OCc1cccc([N+](=O)[O-])c1. The van der Waals surface area contributed by atoms with E-state index in [1.54, 1.807) is 54.6 Å². The predicted molar refractivity (Wildman–Crippen MR) is 157 cm³/mol. The summed E-state index contributed by atoms with van der Waals surface area (Å²) in [6.45, 7) is 3.37. The summed E-state index contributed by atoms with van der Waals surface area (Å²) in [5.74, 6) is -0.397. The van der Waals surface area contributed by atoms with Crippen molar-refractivity contribution in [1.82, 2.24) is 4.90 Å². The highest BCUT2D eigenvalue weighted by molar-refractivity contribution is 8.18. The van der Waals surface area contributed by atoms with Gasteiger partial charge in [-0.25, -0.2) is 0 Å². The van der Waals surface area contributed by atoms with Crippen molar-refractivity contribution in [2.45, 2.75) is 13.0 Å². The van der Waals surface area contributed by atoms with E-state index in [-0.39, 0.29) is 17.2 Å². The molecule has 1 fully saturated rings. The fraction of sp³-hybridized carbons (Fsp3) is 0.138. The van der Waals surface area contributed by atoms with Crippen molar-refractivity contribution in [2.75, 3.05) is 19.0 Å². The molecule has 1 saturated heterocycles. The summed E-state index contributed by atoms with van der Waals surface area (Å²) in [6.07, 6.45) is 3.60. The van der Waals surface area contributed by atoms with Crippen LogP contribution < -0.4 is 14.8 Å². The van der Waals surface area contributed by atoms with Crippen LogP contribution in [0.15, 0.2) is 78.2 Å². The third-order valence-electron chi connectivity index (χ3n) is 5.86. The number of rotatable bonds is 11. The number of hydrogen-bond acceptors (Lipinski definition) is 8. The first-order chi connectivity index (χ1) is 19.7. The zero-order chi connectivity index (χ0) is 29.5. The van der Waals surface area contributed by atoms with Crippen molar-refractivity contribution in [3.63, 3.8) is 0 Å². The number of amides is 3. The Hall–Kier alpha value is -4.61. The topological polar surface area (TPSA) is 128 Å². The number of carbonyl (C=O) groups excluding carboxylic acids is 3. The molecule has 12 heteroatoms. The van der Waals surface area contributed by atoms with Gasteiger partial charge in [-0.2, -0.15) is 0 Å². The molecule has 0 saturated carbocycles. The molecule has 0 aromatic heterocycles. The zero-order valence-electron chi connectivity index (χ0n) is 21.8. The number of thioether (sulfide) groups is 1. The van der Waals surface area contributed by atoms with Gasteiger partial charge in [0.1, 0.15) is 13.2 Å². The Morgan fingerprint density at radius 3 is 2.66 bits per heavy atom. The number of nitro groups is 1. The molecule has 0 unspecified atom stereocenters. The number of imide groups is 1. The quantitative estimate of drug-likeness (QED) is 0.120. The van der Waals surface area contributed by atoms with E-state index in [2.05, 4.69) is 11.9 Å². The minimum absolute atomic E-state index is 0.0463. The van der Waals surface area contributed by atoms with E-state index >= 15 is 0 Å². The monoisotopic (exact) mass is 593 g/mol. The number of nitro benzene ring substituents is 1. The number of nitrogens with one attached hydrogen (secondary N) is 1. The molecule has 0 aliphatic carbocycles. The number of allylic oxidation sites excluding steroid dienone is 1. The number of ether oxygens (including phenoxy) is 2. The van der Waals surface area contributed by atoms with Crippen molar-refractivity contribution in [1.29, 1.82) is 0 Å². The number of halogens is 1. The van der Waals surface area contributed by atoms with Crippen LogP contribution in [-0.4, -0.2) is 40.5 Å². The van der Waals surface area contributed by atoms with Crippen molar-refractivity contribution in [2.24, 2.45) is 0 Å². The van der Waals surface area contributed by atoms with Gasteiger partial charge < -0.3 is 14.8 Å². The molecule has 10 nitrogen and oxygen atoms in total. The third kappa shape index (κ3) is 7.13. The fourth-order valence-electron chi connectivity index (χ4n) is 3.99. The van der Waals surface area contributed by atoms with Crippen LogP contribution in [0.25, 0.3) is 6.08 Å². The summed E-state index contributed by atoms with van der Waals surface area (Å²) < 4.78 is 11.6. The molecule has 4 rings (SSSR count). The largest absolute Gasteiger partial charge is 0.493 e. The first kappa shape index (κ1) is 29.4. The summed E-state index contributed by atoms with van der Waals surface area (Å²) in [5, 5.41) is 13.5. The Morgan fingerprint density at radius 2 is 1.95 bits per heavy atom. The molecule has 1 aliphatic rings. The van der Waals surface area contributed by atoms with Crippen molar-refractivity contribution < 1.29 is 28.8 Å². The van der Waals surface area contributed by atoms with E-state index in [0.29, 0.717) is 45.3 Å². The Balaban J connectivity index is 1.53. The van der Waals surface area contributed by atoms with Gasteiger partial charge in [-0.05, 0) is 59.7 Å². The van der Waals surface area contributed by atoms with Gasteiger partial charge in [-0.1, -0.05) is 41.9 Å². The van der Waals surface area contributed by atoms with Crippen LogP contribution in [0, 0.1) is 10.1 Å². The van der Waals surface area contributed by atoms with Gasteiger partial charge in [0.15, 0.2) is 11.5 Å². The fourth-order valence-corrected chi connectivity index (χ4v) is 5.01. The van der Waals surface area contributed by atoms with Crippen LogP contribution in [0.4, 0.5) is 16.2 Å². The average Bonchev–Trinajstić information content (AvgIpc) is 3.20. The van der Waals surface area contributed by atoms with Crippen LogP contribution in [-0.2, 0) is 22.6 Å². The lowest BCUT2D eigenvalue weighted by Crippen LogP contribution is -2.36. The molecule has 0 spiro atoms. The first-order valence-electron chi connectivity index (χ1n) is 12.2. The second kappa shape index (κ2) is 13.2. The summed E-state index contributed by atoms with van der Waals surface area (Å²) in [7, 11) is 1.46. The van der Waals surface area contributed by atoms with Gasteiger partial charge >= 0.3 is 0 Å². The van der Waals surface area contributed by atoms with Gasteiger partial charge in [-0.3, -0.25) is 29.4 Å². The van der Waals surface area contributed by atoms with Crippen LogP contribution in [0.1, 0.15) is 16.7 Å². The highest BCUT2D eigenvalue weighted by atomic mass is 35.5. The smallest absolute Gasteiger partial charge is 0.294 e. The van der Waals surface area contributed by atoms with Crippen LogP contribution in [0.5, 0.6) is 11.5 Å². The number of anilines is 1. The van der Waals surface area contributed by atoms with Crippen LogP contribution >= 0.6 is 23.4 Å². The van der Waals surface area contributed by atoms with E-state index in [4.69, 9.17) is 21.1 Å². The lowest BCUT2D eigenvalue weighted by Gasteiger charge is -2.16. The van der Waals surface area contributed by atoms with Gasteiger partial charge in [0, 0.05) is 17.7 Å². The highest BCUT2D eigenvalue weighted by Crippen LogP contribution is 2.37. The summed E-state index contributed by atoms with van der Waals surface area (Å²) >= 11 is 6.79. The predicted octanol–water partition coefficient (Wildman–Crippen LogP) is 6.24. The summed E-state index contributed by atoms with van der Waals surface area (Å²) in [4.78, 5) is 49.8. The summed E-state index contributed by atoms with van der Waals surface area (Å²) in [6, 6.07) is 16.2. The molecule has 210 valence electrons. The maximum Gasteiger partial charge on any atom is 0.294 e. The standard InChI is InChI=1S/C29H24ClN3O7S/c1-3-7-20-12-19(14-24(39-2)27(20)40-17-18-8-6-9-21(13-18)33(37)38)15-25-28(35)32(29(36)41-25)16-26(34)31-23-11-5-4-10-22(23)30/h3-6,8-15H,1,7,16-17H2,2H3,(H,31,34)/b25-15+. The number of para-hydroxylation sites is 1. The lowest BCUT2D eigenvalue weighted by molar-refractivity contribution is -0.384. The van der Waals surface area contributed by atoms with Gasteiger partial charge in [0.25, 0.3) is 16.8 Å². The van der Waals surface area contributed by atoms with Crippen molar-refractivity contribution >= 4 is 57.9 Å². The van der Waals surface area contributed by atoms with Gasteiger partial charge in [-0.15, -0.1) is 6.58 Å². The Morgan fingerprint density at radius 1 is 1.17 bits per heavy atom. The van der Waals surface area contributed by atoms with Gasteiger partial charge in [0.05, 0.1) is 27.6 Å². The van der Waals surface area contributed by atoms with Gasteiger partial charge in [0.2, 0.25) is 5.91 Å². The maximum absolute atomic E-state index is 13.0. The minimum Gasteiger partial charge on any atom is -0.493 e. The van der Waals surface area contributed by atoms with Crippen molar-refractivity contribution in [3.05, 3.63) is 110 Å². The Labute approximate surface area is 244 Å². The zero-order valence-corrected chi connectivity index (χ0v) is 23.4. The number of nitrogens with zero attached hydrogens (tertiary/aromatic N) is 2. The lowest BCUT2D eigenvalue weighted by atomic mass is 10.0. The first-order valence-corrected chi connectivity index (χ1v) is 13.4. The highest BCUT2D eigenvalue weighted by Gasteiger charge is 2.36. The molecule has 3 amide bonds. The second-order valence-corrected chi connectivity index (χ2v) is 10.1. The van der Waals surface area contributed by atoms with E-state index in [1.807, 2.05) is 0 Å². The molecule has 3 aromatic carbocycles. The molecule has 0 radical (unpaired) electrons. The minimum atomic E-state index is -0.607. The summed E-state index contributed by atoms with van der Waals surface area (Å²) in [5.41, 5.74) is 2.18. The molecule has 1 heterocycles. The number of carbonyl (C=O) groups is 3. The van der Waals surface area contributed by atoms with E-state index in [9.17, 15) is 24.5 Å². The normalized spacial score (nSPS) is 13.8. The van der Waals surface area contributed by atoms with E-state index in [1.165, 1.54) is 25.3 Å². The molecule has 1 N–H and O–H groups in total.